The Morgan fingerprint density at radius 2 is 1.71 bits per heavy atom. The quantitative estimate of drug-likeness (QED) is 0.259. The van der Waals surface area contributed by atoms with E-state index in [1.807, 2.05) is 65.3 Å². The van der Waals surface area contributed by atoms with Crippen molar-refractivity contribution in [2.75, 3.05) is 0 Å². The minimum absolute atomic E-state index is 0.114. The summed E-state index contributed by atoms with van der Waals surface area (Å²) in [5, 5.41) is 14.2. The number of aromatic nitrogens is 4. The maximum atomic E-state index is 12.6. The Morgan fingerprint density at radius 1 is 1.00 bits per heavy atom. The molecule has 0 aliphatic carbocycles. The fourth-order valence-electron chi connectivity index (χ4n) is 3.90. The zero-order chi connectivity index (χ0) is 24.5. The van der Waals surface area contributed by atoms with Gasteiger partial charge < -0.3 is 4.57 Å². The molecule has 35 heavy (non-hydrogen) atoms. The highest BCUT2D eigenvalue weighted by Crippen LogP contribution is 2.29. The molecule has 8 nitrogen and oxygen atoms in total. The Kier molecular flexibility index (Phi) is 6.02. The molecule has 2 heterocycles. The molecular weight excluding hydrogens is 510 g/mol. The standard InChI is InChI=1S/C26H20BrN5O3/c1-31-15-28-22-11-8-19(12-21(22)26(31)34)23-13-24(17-6-9-20(27)10-7-17)32(29-23)14-16-2-4-18(5-3-16)25(33)30-35/h2-13,15,35H,14H2,1H3,(H,30,33). The van der Waals surface area contributed by atoms with Gasteiger partial charge in [-0.05, 0) is 53.6 Å². The van der Waals surface area contributed by atoms with Gasteiger partial charge in [0.05, 0.1) is 35.2 Å². The summed E-state index contributed by atoms with van der Waals surface area (Å²) in [6.45, 7) is 0.462. The van der Waals surface area contributed by atoms with Crippen LogP contribution in [0.25, 0.3) is 33.4 Å². The summed E-state index contributed by atoms with van der Waals surface area (Å²) in [6, 6.07) is 22.5. The van der Waals surface area contributed by atoms with Gasteiger partial charge in [-0.3, -0.25) is 19.5 Å². The maximum Gasteiger partial charge on any atom is 0.274 e. The first-order valence-corrected chi connectivity index (χ1v) is 11.5. The van der Waals surface area contributed by atoms with Gasteiger partial charge >= 0.3 is 0 Å². The molecule has 0 saturated carbocycles. The summed E-state index contributed by atoms with van der Waals surface area (Å²) in [6.07, 6.45) is 1.51. The van der Waals surface area contributed by atoms with E-state index in [-0.39, 0.29) is 5.56 Å². The first-order chi connectivity index (χ1) is 16.9. The number of hydrogen-bond donors (Lipinski definition) is 2. The topological polar surface area (TPSA) is 102 Å². The van der Waals surface area contributed by atoms with Crippen molar-refractivity contribution in [3.8, 4) is 22.5 Å². The molecule has 0 radical (unpaired) electrons. The number of amides is 1. The van der Waals surface area contributed by atoms with E-state index in [1.165, 1.54) is 10.9 Å². The molecule has 174 valence electrons. The molecule has 0 unspecified atom stereocenters. The average Bonchev–Trinajstić information content (AvgIpc) is 3.30. The van der Waals surface area contributed by atoms with E-state index in [4.69, 9.17) is 10.3 Å². The molecule has 5 aromatic rings. The number of carbonyl (C=O) groups is 1. The minimum atomic E-state index is -0.564. The molecular formula is C26H20BrN5O3. The van der Waals surface area contributed by atoms with Crippen molar-refractivity contribution in [2.24, 2.45) is 7.05 Å². The third-order valence-electron chi connectivity index (χ3n) is 5.78. The summed E-state index contributed by atoms with van der Waals surface area (Å²) in [5.74, 6) is -0.564. The summed E-state index contributed by atoms with van der Waals surface area (Å²) in [4.78, 5) is 28.6. The number of rotatable bonds is 5. The van der Waals surface area contributed by atoms with Crippen molar-refractivity contribution >= 4 is 32.7 Å². The van der Waals surface area contributed by atoms with Crippen molar-refractivity contribution in [3.63, 3.8) is 0 Å². The third kappa shape index (κ3) is 4.51. The summed E-state index contributed by atoms with van der Waals surface area (Å²) in [7, 11) is 1.68. The lowest BCUT2D eigenvalue weighted by Crippen LogP contribution is -2.18. The van der Waals surface area contributed by atoms with Gasteiger partial charge in [0, 0.05) is 22.6 Å². The summed E-state index contributed by atoms with van der Waals surface area (Å²) >= 11 is 3.48. The second-order valence-corrected chi connectivity index (χ2v) is 9.03. The number of fused-ring (bicyclic) bond motifs is 1. The zero-order valence-corrected chi connectivity index (χ0v) is 20.2. The Bertz CT molecular complexity index is 1610. The highest BCUT2D eigenvalue weighted by atomic mass is 79.9. The lowest BCUT2D eigenvalue weighted by molar-refractivity contribution is 0.0706. The SMILES string of the molecule is Cn1cnc2ccc(-c3cc(-c4ccc(Br)cc4)n(Cc4ccc(C(=O)NO)cc4)n3)cc2c1=O. The van der Waals surface area contributed by atoms with E-state index >= 15 is 0 Å². The Morgan fingerprint density at radius 3 is 2.43 bits per heavy atom. The molecule has 0 spiro atoms. The predicted molar refractivity (Wildman–Crippen MR) is 136 cm³/mol. The Balaban J connectivity index is 1.59. The van der Waals surface area contributed by atoms with Crippen LogP contribution in [-0.2, 0) is 13.6 Å². The average molecular weight is 530 g/mol. The second kappa shape index (κ2) is 9.28. The van der Waals surface area contributed by atoms with Gasteiger partial charge in [0.1, 0.15) is 0 Å². The van der Waals surface area contributed by atoms with E-state index < -0.39 is 5.91 Å². The molecule has 5 rings (SSSR count). The van der Waals surface area contributed by atoms with Crippen LogP contribution in [0.4, 0.5) is 0 Å². The Hall–Kier alpha value is -4.08. The third-order valence-corrected chi connectivity index (χ3v) is 6.31. The molecule has 0 bridgehead atoms. The smallest absolute Gasteiger partial charge is 0.274 e. The normalized spacial score (nSPS) is 11.1. The number of hydroxylamine groups is 1. The lowest BCUT2D eigenvalue weighted by Gasteiger charge is -2.09. The first kappa shape index (κ1) is 22.7. The second-order valence-electron chi connectivity index (χ2n) is 8.11. The summed E-state index contributed by atoms with van der Waals surface area (Å²) in [5.41, 5.74) is 6.89. The van der Waals surface area contributed by atoms with Gasteiger partial charge in [-0.2, -0.15) is 5.10 Å². The maximum absolute atomic E-state index is 12.6. The van der Waals surface area contributed by atoms with Gasteiger partial charge in [0.15, 0.2) is 0 Å². The molecule has 1 amide bonds. The predicted octanol–water partition coefficient (Wildman–Crippen LogP) is 4.39. The van der Waals surface area contributed by atoms with E-state index in [0.717, 1.165) is 32.6 Å². The van der Waals surface area contributed by atoms with Gasteiger partial charge in [-0.1, -0.05) is 46.3 Å². The molecule has 9 heteroatoms. The zero-order valence-electron chi connectivity index (χ0n) is 18.6. The number of hydrogen-bond acceptors (Lipinski definition) is 5. The highest BCUT2D eigenvalue weighted by Gasteiger charge is 2.14. The van der Waals surface area contributed by atoms with Crippen LogP contribution < -0.4 is 11.0 Å². The van der Waals surface area contributed by atoms with Crippen molar-refractivity contribution in [3.05, 3.63) is 105 Å². The van der Waals surface area contributed by atoms with E-state index in [1.54, 1.807) is 24.7 Å². The fourth-order valence-corrected chi connectivity index (χ4v) is 4.17. The van der Waals surface area contributed by atoms with Crippen molar-refractivity contribution in [1.29, 1.82) is 0 Å². The fraction of sp³-hybridized carbons (Fsp3) is 0.0769. The van der Waals surface area contributed by atoms with Crippen LogP contribution in [0.1, 0.15) is 15.9 Å². The van der Waals surface area contributed by atoms with Crippen LogP contribution >= 0.6 is 15.9 Å². The van der Waals surface area contributed by atoms with Gasteiger partial charge in [-0.15, -0.1) is 0 Å². The van der Waals surface area contributed by atoms with E-state index in [2.05, 4.69) is 20.9 Å². The molecule has 0 aliphatic heterocycles. The first-order valence-electron chi connectivity index (χ1n) is 10.8. The van der Waals surface area contributed by atoms with Crippen LogP contribution in [-0.4, -0.2) is 30.4 Å². The van der Waals surface area contributed by atoms with Crippen LogP contribution in [0.15, 0.2) is 88.4 Å². The molecule has 3 aromatic carbocycles. The van der Waals surface area contributed by atoms with Crippen molar-refractivity contribution in [1.82, 2.24) is 24.8 Å². The molecule has 0 saturated heterocycles. The molecule has 2 aromatic heterocycles. The van der Waals surface area contributed by atoms with E-state index in [9.17, 15) is 9.59 Å². The van der Waals surface area contributed by atoms with Gasteiger partial charge in [0.2, 0.25) is 0 Å². The number of benzene rings is 3. The van der Waals surface area contributed by atoms with Crippen LogP contribution in [0.3, 0.4) is 0 Å². The highest BCUT2D eigenvalue weighted by molar-refractivity contribution is 9.10. The number of nitrogens with zero attached hydrogens (tertiary/aromatic N) is 4. The van der Waals surface area contributed by atoms with E-state index in [0.29, 0.717) is 23.0 Å². The summed E-state index contributed by atoms with van der Waals surface area (Å²) < 4.78 is 4.33. The Labute approximate surface area is 208 Å². The van der Waals surface area contributed by atoms with Crippen LogP contribution in [0, 0.1) is 0 Å². The van der Waals surface area contributed by atoms with Gasteiger partial charge in [0.25, 0.3) is 11.5 Å². The number of halogens is 1. The molecule has 0 aliphatic rings. The largest absolute Gasteiger partial charge is 0.302 e. The number of nitrogens with one attached hydrogen (secondary N) is 1. The minimum Gasteiger partial charge on any atom is -0.302 e. The van der Waals surface area contributed by atoms with Crippen LogP contribution in [0.5, 0.6) is 0 Å². The number of aryl methyl sites for hydroxylation is 1. The van der Waals surface area contributed by atoms with Crippen LogP contribution in [0.2, 0.25) is 0 Å². The lowest BCUT2D eigenvalue weighted by atomic mass is 10.1. The molecule has 2 N–H and O–H groups in total. The monoisotopic (exact) mass is 529 g/mol. The van der Waals surface area contributed by atoms with Gasteiger partial charge in [-0.25, -0.2) is 10.5 Å². The van der Waals surface area contributed by atoms with Crippen molar-refractivity contribution in [2.45, 2.75) is 6.54 Å². The number of carbonyl (C=O) groups excluding carboxylic acids is 1. The molecule has 0 atom stereocenters. The molecule has 0 fully saturated rings. The van der Waals surface area contributed by atoms with Crippen molar-refractivity contribution < 1.29 is 10.0 Å².